The van der Waals surface area contributed by atoms with Gasteiger partial charge < -0.3 is 4.52 Å². The highest BCUT2D eigenvalue weighted by Crippen LogP contribution is 2.42. The topological polar surface area (TPSA) is 77.2 Å². The highest BCUT2D eigenvalue weighted by molar-refractivity contribution is 9.10. The minimum atomic E-state index is -3.37. The maximum absolute atomic E-state index is 13.3. The van der Waals surface area contributed by atoms with Crippen molar-refractivity contribution in [1.29, 1.82) is 0 Å². The van der Waals surface area contributed by atoms with Gasteiger partial charge >= 0.3 is 0 Å². The number of aromatic nitrogens is 1. The zero-order chi connectivity index (χ0) is 19.9. The molecule has 0 unspecified atom stereocenters. The molecule has 0 radical (unpaired) electrons. The molecule has 0 amide bonds. The molecule has 1 aliphatic carbocycles. The van der Waals surface area contributed by atoms with Crippen LogP contribution in [0, 0.1) is 0 Å². The van der Waals surface area contributed by atoms with Crippen LogP contribution in [0.25, 0.3) is 0 Å². The number of nitrogens with zero attached hydrogens (tertiary/aromatic N) is 1. The minimum absolute atomic E-state index is 0.156. The number of halogens is 1. The zero-order valence-electron chi connectivity index (χ0n) is 15.2. The summed E-state index contributed by atoms with van der Waals surface area (Å²) in [7, 11) is -3.37. The molecular weight excluding hydrogens is 442 g/mol. The fraction of sp³-hybridized carbons (Fsp3) is 0.238. The van der Waals surface area contributed by atoms with Crippen LogP contribution in [0.3, 0.4) is 0 Å². The van der Waals surface area contributed by atoms with E-state index in [1.165, 1.54) is 12.5 Å². The number of rotatable bonds is 6. The summed E-state index contributed by atoms with van der Waals surface area (Å²) in [4.78, 5) is 13.5. The van der Waals surface area contributed by atoms with Crippen LogP contribution in [-0.4, -0.2) is 25.6 Å². The molecule has 0 atom stereocenters. The highest BCUT2D eigenvalue weighted by atomic mass is 79.9. The fourth-order valence-corrected chi connectivity index (χ4v) is 4.64. The third-order valence-corrected chi connectivity index (χ3v) is 6.55. The molecule has 0 N–H and O–H groups in total. The predicted molar refractivity (Wildman–Crippen MR) is 108 cm³/mol. The van der Waals surface area contributed by atoms with Crippen LogP contribution >= 0.6 is 15.9 Å². The summed E-state index contributed by atoms with van der Waals surface area (Å²) in [5.74, 6) is 0.756. The fourth-order valence-electron chi connectivity index (χ4n) is 3.34. The molecule has 144 valence electrons. The summed E-state index contributed by atoms with van der Waals surface area (Å²) in [6.07, 6.45) is 5.01. The molecule has 1 aromatic heterocycles. The van der Waals surface area contributed by atoms with Gasteiger partial charge in [-0.25, -0.2) is 8.42 Å². The normalized spacial score (nSPS) is 14.2. The SMILES string of the molecule is CS(=O)(=O)c1ccccc1Cc1ccc(Br)cc1C(=O)c1cnoc1C1CC1. The van der Waals surface area contributed by atoms with E-state index in [1.54, 1.807) is 30.3 Å². The summed E-state index contributed by atoms with van der Waals surface area (Å²) < 4.78 is 30.4. The molecule has 1 heterocycles. The van der Waals surface area contributed by atoms with E-state index in [9.17, 15) is 13.2 Å². The lowest BCUT2D eigenvalue weighted by atomic mass is 9.94. The van der Waals surface area contributed by atoms with Crippen molar-refractivity contribution in [2.75, 3.05) is 6.26 Å². The first kappa shape index (κ1) is 19.1. The van der Waals surface area contributed by atoms with Crippen LogP contribution in [0.4, 0.5) is 0 Å². The van der Waals surface area contributed by atoms with Crippen LogP contribution in [0.5, 0.6) is 0 Å². The van der Waals surface area contributed by atoms with Gasteiger partial charge in [-0.3, -0.25) is 4.79 Å². The molecule has 0 saturated heterocycles. The van der Waals surface area contributed by atoms with E-state index in [0.717, 1.165) is 22.9 Å². The van der Waals surface area contributed by atoms with Gasteiger partial charge in [0.1, 0.15) is 0 Å². The number of hydrogen-bond donors (Lipinski definition) is 0. The Balaban J connectivity index is 1.76. The van der Waals surface area contributed by atoms with Crippen molar-refractivity contribution >= 4 is 31.6 Å². The second-order valence-electron chi connectivity index (χ2n) is 7.07. The van der Waals surface area contributed by atoms with Crippen molar-refractivity contribution in [3.8, 4) is 0 Å². The van der Waals surface area contributed by atoms with Crippen molar-refractivity contribution < 1.29 is 17.7 Å². The maximum atomic E-state index is 13.3. The lowest BCUT2D eigenvalue weighted by Crippen LogP contribution is -2.09. The summed E-state index contributed by atoms with van der Waals surface area (Å²) in [6, 6.07) is 12.3. The van der Waals surface area contributed by atoms with Crippen molar-refractivity contribution in [1.82, 2.24) is 5.16 Å². The van der Waals surface area contributed by atoms with E-state index in [2.05, 4.69) is 21.1 Å². The number of carbonyl (C=O) groups is 1. The third-order valence-electron chi connectivity index (χ3n) is 4.86. The Bertz CT molecular complexity index is 1160. The molecule has 7 heteroatoms. The largest absolute Gasteiger partial charge is 0.360 e. The monoisotopic (exact) mass is 459 g/mol. The Kier molecular flexibility index (Phi) is 4.97. The van der Waals surface area contributed by atoms with Gasteiger partial charge in [-0.2, -0.15) is 0 Å². The van der Waals surface area contributed by atoms with Gasteiger partial charge in [-0.1, -0.05) is 45.4 Å². The Morgan fingerprint density at radius 1 is 1.14 bits per heavy atom. The van der Waals surface area contributed by atoms with Gasteiger partial charge in [-0.15, -0.1) is 0 Å². The smallest absolute Gasteiger partial charge is 0.198 e. The number of sulfone groups is 1. The third kappa shape index (κ3) is 3.82. The first-order valence-corrected chi connectivity index (χ1v) is 11.6. The van der Waals surface area contributed by atoms with Crippen LogP contribution in [0.2, 0.25) is 0 Å². The minimum Gasteiger partial charge on any atom is -0.360 e. The highest BCUT2D eigenvalue weighted by Gasteiger charge is 2.33. The van der Waals surface area contributed by atoms with Crippen LogP contribution in [0.1, 0.15) is 51.6 Å². The summed E-state index contributed by atoms with van der Waals surface area (Å²) in [5, 5.41) is 3.83. The molecular formula is C21H18BrNO4S. The predicted octanol–water partition coefficient (Wildman–Crippen LogP) is 4.54. The quantitative estimate of drug-likeness (QED) is 0.505. The van der Waals surface area contributed by atoms with Gasteiger partial charge in [0.15, 0.2) is 21.4 Å². The van der Waals surface area contributed by atoms with E-state index in [1.807, 2.05) is 12.1 Å². The van der Waals surface area contributed by atoms with Gasteiger partial charge in [0.2, 0.25) is 0 Å². The number of hydrogen-bond acceptors (Lipinski definition) is 5. The molecule has 0 spiro atoms. The molecule has 5 nitrogen and oxygen atoms in total. The lowest BCUT2D eigenvalue weighted by molar-refractivity contribution is 0.103. The maximum Gasteiger partial charge on any atom is 0.198 e. The van der Waals surface area contributed by atoms with Crippen molar-refractivity contribution in [2.45, 2.75) is 30.1 Å². The lowest BCUT2D eigenvalue weighted by Gasteiger charge is -2.12. The van der Waals surface area contributed by atoms with Crippen molar-refractivity contribution in [3.05, 3.63) is 81.1 Å². The molecule has 1 fully saturated rings. The van der Waals surface area contributed by atoms with E-state index in [4.69, 9.17) is 4.52 Å². The molecule has 0 bridgehead atoms. The second-order valence-corrected chi connectivity index (χ2v) is 9.97. The molecule has 2 aromatic carbocycles. The van der Waals surface area contributed by atoms with Crippen LogP contribution < -0.4 is 0 Å². The molecule has 0 aliphatic heterocycles. The Labute approximate surface area is 171 Å². The average molecular weight is 460 g/mol. The van der Waals surface area contributed by atoms with Crippen LogP contribution in [0.15, 0.2) is 62.6 Å². The number of ketones is 1. The summed E-state index contributed by atoms with van der Waals surface area (Å²) in [6.45, 7) is 0. The number of carbonyl (C=O) groups excluding carboxylic acids is 1. The molecule has 3 aromatic rings. The molecule has 1 saturated carbocycles. The Morgan fingerprint density at radius 3 is 2.61 bits per heavy atom. The summed E-state index contributed by atoms with van der Waals surface area (Å²) >= 11 is 3.43. The van der Waals surface area contributed by atoms with Gasteiger partial charge in [-0.05, 0) is 48.6 Å². The summed E-state index contributed by atoms with van der Waals surface area (Å²) in [5.41, 5.74) is 2.42. The first-order chi connectivity index (χ1) is 13.3. The zero-order valence-corrected chi connectivity index (χ0v) is 17.6. The van der Waals surface area contributed by atoms with E-state index < -0.39 is 9.84 Å². The van der Waals surface area contributed by atoms with Crippen molar-refractivity contribution in [2.24, 2.45) is 0 Å². The van der Waals surface area contributed by atoms with Crippen LogP contribution in [-0.2, 0) is 16.3 Å². The molecule has 28 heavy (non-hydrogen) atoms. The Hall–Kier alpha value is -2.25. The van der Waals surface area contributed by atoms with E-state index in [0.29, 0.717) is 28.9 Å². The average Bonchev–Trinajstić information content (AvgIpc) is 3.38. The second kappa shape index (κ2) is 7.29. The molecule has 4 rings (SSSR count). The van der Waals surface area contributed by atoms with Gasteiger partial charge in [0, 0.05) is 22.2 Å². The van der Waals surface area contributed by atoms with Crippen molar-refractivity contribution in [3.63, 3.8) is 0 Å². The standard InChI is InChI=1S/C21H18BrNO4S/c1-28(25,26)19-5-3-2-4-15(19)10-14-8-9-16(22)11-17(14)20(24)18-12-23-27-21(18)13-6-7-13/h2-5,8-9,11-13H,6-7,10H2,1H3. The Morgan fingerprint density at radius 2 is 1.89 bits per heavy atom. The first-order valence-electron chi connectivity index (χ1n) is 8.90. The van der Waals surface area contributed by atoms with Gasteiger partial charge in [0.25, 0.3) is 0 Å². The van der Waals surface area contributed by atoms with Gasteiger partial charge in [0.05, 0.1) is 16.7 Å². The van der Waals surface area contributed by atoms with E-state index >= 15 is 0 Å². The number of benzene rings is 2. The molecule has 1 aliphatic rings. The van der Waals surface area contributed by atoms with E-state index in [-0.39, 0.29) is 16.6 Å².